The Labute approximate surface area is 92.3 Å². The topological polar surface area (TPSA) is 62.3 Å². The van der Waals surface area contributed by atoms with E-state index in [1.165, 1.54) is 12.8 Å². The smallest absolute Gasteiger partial charge is 0.0905 e. The number of rotatable bonds is 6. The zero-order valence-corrected chi connectivity index (χ0v) is 9.67. The van der Waals surface area contributed by atoms with Gasteiger partial charge in [-0.05, 0) is 38.8 Å². The minimum absolute atomic E-state index is 0.296. The molecule has 0 spiro atoms. The van der Waals surface area contributed by atoms with E-state index in [4.69, 9.17) is 15.9 Å². The maximum Gasteiger partial charge on any atom is 0.0905 e. The molecular formula is C11H23N3O. The predicted molar refractivity (Wildman–Crippen MR) is 62.2 cm³/mol. The van der Waals surface area contributed by atoms with Gasteiger partial charge in [0.25, 0.3) is 0 Å². The van der Waals surface area contributed by atoms with Crippen molar-refractivity contribution >= 4 is 5.84 Å². The summed E-state index contributed by atoms with van der Waals surface area (Å²) >= 11 is 0. The second kappa shape index (κ2) is 6.80. The van der Waals surface area contributed by atoms with Gasteiger partial charge in [0.2, 0.25) is 0 Å². The predicted octanol–water partition coefficient (Wildman–Crippen LogP) is 1.06. The van der Waals surface area contributed by atoms with Crippen LogP contribution >= 0.6 is 0 Å². The van der Waals surface area contributed by atoms with E-state index in [0.29, 0.717) is 18.2 Å². The summed E-state index contributed by atoms with van der Waals surface area (Å²) in [5.41, 5.74) is 5.31. The van der Waals surface area contributed by atoms with Crippen LogP contribution in [0.25, 0.3) is 0 Å². The fourth-order valence-electron chi connectivity index (χ4n) is 2.02. The number of amidine groups is 1. The fourth-order valence-corrected chi connectivity index (χ4v) is 2.02. The van der Waals surface area contributed by atoms with Gasteiger partial charge < -0.3 is 15.4 Å². The molecule has 0 aliphatic carbocycles. The lowest BCUT2D eigenvalue weighted by Gasteiger charge is -2.27. The molecule has 15 heavy (non-hydrogen) atoms. The maximum absolute atomic E-state index is 7.13. The highest BCUT2D eigenvalue weighted by Gasteiger charge is 2.15. The molecule has 0 aromatic carbocycles. The van der Waals surface area contributed by atoms with E-state index < -0.39 is 0 Å². The van der Waals surface area contributed by atoms with E-state index in [1.807, 2.05) is 0 Å². The van der Waals surface area contributed by atoms with Crippen LogP contribution < -0.4 is 5.73 Å². The van der Waals surface area contributed by atoms with Crippen LogP contribution in [0.2, 0.25) is 0 Å². The first-order valence-electron chi connectivity index (χ1n) is 5.77. The SMILES string of the molecule is CN(CCCC(=N)N)CC1CCCOC1. The van der Waals surface area contributed by atoms with Gasteiger partial charge in [-0.25, -0.2) is 0 Å². The van der Waals surface area contributed by atoms with Crippen LogP contribution in [0.3, 0.4) is 0 Å². The number of ether oxygens (including phenoxy) is 1. The molecule has 1 atom stereocenters. The summed E-state index contributed by atoms with van der Waals surface area (Å²) in [6.45, 7) is 3.98. The quantitative estimate of drug-likeness (QED) is 0.512. The molecule has 1 aliphatic rings. The molecule has 1 saturated heterocycles. The van der Waals surface area contributed by atoms with Gasteiger partial charge in [0.15, 0.2) is 0 Å². The monoisotopic (exact) mass is 213 g/mol. The highest BCUT2D eigenvalue weighted by atomic mass is 16.5. The van der Waals surface area contributed by atoms with E-state index in [2.05, 4.69) is 11.9 Å². The molecule has 3 N–H and O–H groups in total. The van der Waals surface area contributed by atoms with Crippen LogP contribution in [0.15, 0.2) is 0 Å². The molecule has 4 heteroatoms. The second-order valence-corrected chi connectivity index (χ2v) is 4.47. The zero-order chi connectivity index (χ0) is 11.1. The fraction of sp³-hybridized carbons (Fsp3) is 0.909. The van der Waals surface area contributed by atoms with Crippen LogP contribution in [-0.2, 0) is 4.74 Å². The lowest BCUT2D eigenvalue weighted by Crippen LogP contribution is -2.31. The van der Waals surface area contributed by atoms with E-state index in [1.54, 1.807) is 0 Å². The third-order valence-corrected chi connectivity index (χ3v) is 2.81. The average Bonchev–Trinajstić information content (AvgIpc) is 2.18. The molecule has 88 valence electrons. The third kappa shape index (κ3) is 5.74. The summed E-state index contributed by atoms with van der Waals surface area (Å²) in [6.07, 6.45) is 4.19. The van der Waals surface area contributed by atoms with Crippen LogP contribution in [0.1, 0.15) is 25.7 Å². The van der Waals surface area contributed by atoms with Crippen LogP contribution in [0, 0.1) is 11.3 Å². The summed E-state index contributed by atoms with van der Waals surface area (Å²) in [6, 6.07) is 0. The van der Waals surface area contributed by atoms with E-state index in [9.17, 15) is 0 Å². The molecule has 1 aliphatic heterocycles. The third-order valence-electron chi connectivity index (χ3n) is 2.81. The largest absolute Gasteiger partial charge is 0.388 e. The summed E-state index contributed by atoms with van der Waals surface area (Å²) in [4.78, 5) is 2.32. The van der Waals surface area contributed by atoms with Crippen molar-refractivity contribution in [3.8, 4) is 0 Å². The maximum atomic E-state index is 7.13. The number of nitrogens with zero attached hydrogens (tertiary/aromatic N) is 1. The minimum atomic E-state index is 0.296. The Morgan fingerprint density at radius 3 is 3.00 bits per heavy atom. The number of nitrogens with two attached hydrogens (primary N) is 1. The van der Waals surface area contributed by atoms with Gasteiger partial charge in [0, 0.05) is 19.6 Å². The molecule has 1 rings (SSSR count). The van der Waals surface area contributed by atoms with E-state index >= 15 is 0 Å². The molecule has 0 aromatic heterocycles. The molecule has 0 saturated carbocycles. The van der Waals surface area contributed by atoms with Gasteiger partial charge in [-0.1, -0.05) is 0 Å². The molecule has 1 heterocycles. The van der Waals surface area contributed by atoms with Gasteiger partial charge in [0.1, 0.15) is 0 Å². The zero-order valence-electron chi connectivity index (χ0n) is 9.67. The van der Waals surface area contributed by atoms with Crippen molar-refractivity contribution in [1.29, 1.82) is 5.41 Å². The Balaban J connectivity index is 2.06. The van der Waals surface area contributed by atoms with Crippen LogP contribution in [0.4, 0.5) is 0 Å². The highest BCUT2D eigenvalue weighted by molar-refractivity contribution is 5.76. The molecule has 0 radical (unpaired) electrons. The van der Waals surface area contributed by atoms with E-state index in [0.717, 1.165) is 32.7 Å². The Morgan fingerprint density at radius 2 is 2.40 bits per heavy atom. The second-order valence-electron chi connectivity index (χ2n) is 4.47. The highest BCUT2D eigenvalue weighted by Crippen LogP contribution is 2.14. The Morgan fingerprint density at radius 1 is 1.60 bits per heavy atom. The summed E-state index contributed by atoms with van der Waals surface area (Å²) < 4.78 is 5.44. The van der Waals surface area contributed by atoms with Crippen LogP contribution in [-0.4, -0.2) is 44.1 Å². The van der Waals surface area contributed by atoms with Crippen molar-refractivity contribution in [1.82, 2.24) is 4.90 Å². The Bertz CT molecular complexity index is 190. The summed E-state index contributed by atoms with van der Waals surface area (Å²) in [7, 11) is 2.13. The first-order valence-corrected chi connectivity index (χ1v) is 5.77. The van der Waals surface area contributed by atoms with Gasteiger partial charge >= 0.3 is 0 Å². The molecular weight excluding hydrogens is 190 g/mol. The molecule has 0 aromatic rings. The summed E-state index contributed by atoms with van der Waals surface area (Å²) in [5, 5.41) is 7.13. The van der Waals surface area contributed by atoms with Gasteiger partial charge in [-0.15, -0.1) is 0 Å². The first-order chi connectivity index (χ1) is 7.18. The number of nitrogens with one attached hydrogen (secondary N) is 1. The molecule has 0 amide bonds. The van der Waals surface area contributed by atoms with Crippen molar-refractivity contribution in [3.63, 3.8) is 0 Å². The van der Waals surface area contributed by atoms with Gasteiger partial charge in [0.05, 0.1) is 12.4 Å². The molecule has 1 unspecified atom stereocenters. The normalized spacial score (nSPS) is 21.9. The van der Waals surface area contributed by atoms with Crippen LogP contribution in [0.5, 0.6) is 0 Å². The lowest BCUT2D eigenvalue weighted by molar-refractivity contribution is 0.0420. The number of hydrogen-bond donors (Lipinski definition) is 2. The lowest BCUT2D eigenvalue weighted by atomic mass is 10.0. The van der Waals surface area contributed by atoms with Crippen molar-refractivity contribution in [2.24, 2.45) is 11.7 Å². The first kappa shape index (κ1) is 12.5. The van der Waals surface area contributed by atoms with E-state index in [-0.39, 0.29) is 0 Å². The van der Waals surface area contributed by atoms with Gasteiger partial charge in [-0.2, -0.15) is 0 Å². The molecule has 0 bridgehead atoms. The Kier molecular flexibility index (Phi) is 5.65. The number of hydrogen-bond acceptors (Lipinski definition) is 3. The van der Waals surface area contributed by atoms with Gasteiger partial charge in [-0.3, -0.25) is 5.41 Å². The van der Waals surface area contributed by atoms with Crippen molar-refractivity contribution in [2.45, 2.75) is 25.7 Å². The van der Waals surface area contributed by atoms with Crippen molar-refractivity contribution < 1.29 is 4.74 Å². The summed E-state index contributed by atoms with van der Waals surface area (Å²) in [5.74, 6) is 0.991. The Hall–Kier alpha value is -0.610. The average molecular weight is 213 g/mol. The van der Waals surface area contributed by atoms with Crippen molar-refractivity contribution in [2.75, 3.05) is 33.4 Å². The van der Waals surface area contributed by atoms with Crippen molar-refractivity contribution in [3.05, 3.63) is 0 Å². The molecule has 1 fully saturated rings. The standard InChI is InChI=1S/C11H23N3O/c1-14(6-2-5-11(12)13)8-10-4-3-7-15-9-10/h10H,2-9H2,1H3,(H3,12,13). The minimum Gasteiger partial charge on any atom is -0.388 e. The molecule has 4 nitrogen and oxygen atoms in total.